The van der Waals surface area contributed by atoms with Gasteiger partial charge in [-0.3, -0.25) is 4.90 Å². The normalized spacial score (nSPS) is 15.9. The second-order valence-corrected chi connectivity index (χ2v) is 5.22. The van der Waals surface area contributed by atoms with E-state index in [2.05, 4.69) is 51.3 Å². The van der Waals surface area contributed by atoms with E-state index in [9.17, 15) is 0 Å². The van der Waals surface area contributed by atoms with Crippen LogP contribution in [0.1, 0.15) is 23.5 Å². The first-order valence-corrected chi connectivity index (χ1v) is 7.06. The van der Waals surface area contributed by atoms with Crippen molar-refractivity contribution in [3.63, 3.8) is 0 Å². The Morgan fingerprint density at radius 2 is 2.00 bits per heavy atom. The van der Waals surface area contributed by atoms with Gasteiger partial charge in [0.1, 0.15) is 0 Å². The molecule has 1 aliphatic heterocycles. The molecule has 3 rings (SSSR count). The highest BCUT2D eigenvalue weighted by Crippen LogP contribution is 2.20. The molecule has 0 spiro atoms. The van der Waals surface area contributed by atoms with Crippen LogP contribution in [0.5, 0.6) is 0 Å². The van der Waals surface area contributed by atoms with Gasteiger partial charge in [-0.2, -0.15) is 0 Å². The van der Waals surface area contributed by atoms with Gasteiger partial charge in [-0.15, -0.1) is 0 Å². The van der Waals surface area contributed by atoms with Crippen molar-refractivity contribution >= 4 is 5.57 Å². The third-order valence-electron chi connectivity index (χ3n) is 3.62. The highest BCUT2D eigenvalue weighted by Gasteiger charge is 2.14. The number of benzene rings is 1. The zero-order valence-electron chi connectivity index (χ0n) is 11.8. The Kier molecular flexibility index (Phi) is 3.88. The highest BCUT2D eigenvalue weighted by molar-refractivity contribution is 5.60. The lowest BCUT2D eigenvalue weighted by Gasteiger charge is -2.25. The summed E-state index contributed by atoms with van der Waals surface area (Å²) in [6, 6.07) is 12.6. The molecule has 0 radical (unpaired) electrons. The molecule has 0 unspecified atom stereocenters. The Morgan fingerprint density at radius 1 is 1.15 bits per heavy atom. The fourth-order valence-corrected chi connectivity index (χ4v) is 2.50. The molecular formula is C17H19N3. The first-order valence-electron chi connectivity index (χ1n) is 7.06. The second kappa shape index (κ2) is 5.97. The largest absolute Gasteiger partial charge is 0.295 e. The van der Waals surface area contributed by atoms with Gasteiger partial charge in [0.25, 0.3) is 0 Å². The zero-order valence-corrected chi connectivity index (χ0v) is 11.8. The minimum absolute atomic E-state index is 0.893. The van der Waals surface area contributed by atoms with Crippen molar-refractivity contribution in [2.45, 2.75) is 19.9 Å². The Bertz CT molecular complexity index is 605. The molecule has 102 valence electrons. The Hall–Kier alpha value is -2.00. The third-order valence-corrected chi connectivity index (χ3v) is 3.62. The third kappa shape index (κ3) is 3.11. The van der Waals surface area contributed by atoms with Gasteiger partial charge in [0.15, 0.2) is 5.82 Å². The molecule has 1 aromatic carbocycles. The highest BCUT2D eigenvalue weighted by atomic mass is 15.1. The molecule has 2 heterocycles. The van der Waals surface area contributed by atoms with Gasteiger partial charge in [0, 0.05) is 31.5 Å². The van der Waals surface area contributed by atoms with Crippen LogP contribution < -0.4 is 0 Å². The molecule has 0 N–H and O–H groups in total. The monoisotopic (exact) mass is 265 g/mol. The predicted octanol–water partition coefficient (Wildman–Crippen LogP) is 3.07. The maximum atomic E-state index is 4.51. The van der Waals surface area contributed by atoms with E-state index in [1.807, 2.05) is 19.2 Å². The lowest BCUT2D eigenvalue weighted by atomic mass is 10.1. The van der Waals surface area contributed by atoms with Crippen LogP contribution in [0, 0.1) is 6.92 Å². The van der Waals surface area contributed by atoms with Crippen molar-refractivity contribution in [2.75, 3.05) is 13.1 Å². The van der Waals surface area contributed by atoms with Gasteiger partial charge in [-0.1, -0.05) is 36.4 Å². The van der Waals surface area contributed by atoms with E-state index >= 15 is 0 Å². The molecule has 0 amide bonds. The van der Waals surface area contributed by atoms with Gasteiger partial charge in [-0.05, 0) is 30.5 Å². The summed E-state index contributed by atoms with van der Waals surface area (Å²) in [4.78, 5) is 11.3. The predicted molar refractivity (Wildman–Crippen MR) is 81.1 cm³/mol. The Morgan fingerprint density at radius 3 is 2.70 bits per heavy atom. The molecule has 3 nitrogen and oxygen atoms in total. The van der Waals surface area contributed by atoms with Crippen molar-refractivity contribution in [2.24, 2.45) is 0 Å². The molecule has 20 heavy (non-hydrogen) atoms. The molecule has 0 aliphatic carbocycles. The minimum atomic E-state index is 0.893. The fraction of sp³-hybridized carbons (Fsp3) is 0.294. The summed E-state index contributed by atoms with van der Waals surface area (Å²) in [6.45, 7) is 5.06. The molecule has 3 heteroatoms. The lowest BCUT2D eigenvalue weighted by Crippen LogP contribution is -2.28. The SMILES string of the molecule is Cc1ccnc(C2=CCN(Cc3ccccc3)CC2)n1. The van der Waals surface area contributed by atoms with Crippen LogP contribution in [0.3, 0.4) is 0 Å². The Balaban J connectivity index is 1.66. The standard InChI is InChI=1S/C17H19N3/c1-14-7-10-18-17(19-14)16-8-11-20(12-9-16)13-15-5-3-2-4-6-15/h2-8,10H,9,11-13H2,1H3. The van der Waals surface area contributed by atoms with Gasteiger partial charge in [0.05, 0.1) is 0 Å². The second-order valence-electron chi connectivity index (χ2n) is 5.22. The van der Waals surface area contributed by atoms with Gasteiger partial charge >= 0.3 is 0 Å². The first-order chi connectivity index (χ1) is 9.81. The average molecular weight is 265 g/mol. The van der Waals surface area contributed by atoms with Crippen molar-refractivity contribution in [3.05, 3.63) is 65.8 Å². The summed E-state index contributed by atoms with van der Waals surface area (Å²) in [5.74, 6) is 0.893. The smallest absolute Gasteiger partial charge is 0.155 e. The summed E-state index contributed by atoms with van der Waals surface area (Å²) in [7, 11) is 0. The maximum absolute atomic E-state index is 4.51. The summed E-state index contributed by atoms with van der Waals surface area (Å²) < 4.78 is 0. The van der Waals surface area contributed by atoms with Crippen LogP contribution in [0.4, 0.5) is 0 Å². The average Bonchev–Trinajstić information content (AvgIpc) is 2.49. The van der Waals surface area contributed by atoms with E-state index in [0.717, 1.165) is 37.6 Å². The molecule has 0 bridgehead atoms. The van der Waals surface area contributed by atoms with E-state index < -0.39 is 0 Å². The number of hydrogen-bond donors (Lipinski definition) is 0. The van der Waals surface area contributed by atoms with Crippen molar-refractivity contribution < 1.29 is 0 Å². The van der Waals surface area contributed by atoms with Gasteiger partial charge in [0.2, 0.25) is 0 Å². The number of nitrogens with zero attached hydrogens (tertiary/aromatic N) is 3. The zero-order chi connectivity index (χ0) is 13.8. The minimum Gasteiger partial charge on any atom is -0.295 e. The van der Waals surface area contributed by atoms with E-state index in [-0.39, 0.29) is 0 Å². The van der Waals surface area contributed by atoms with Crippen LogP contribution in [0.25, 0.3) is 5.57 Å². The quantitative estimate of drug-likeness (QED) is 0.854. The summed E-state index contributed by atoms with van der Waals surface area (Å²) in [6.07, 6.45) is 5.13. The van der Waals surface area contributed by atoms with Crippen LogP contribution in [-0.4, -0.2) is 28.0 Å². The fourth-order valence-electron chi connectivity index (χ4n) is 2.50. The number of hydrogen-bond acceptors (Lipinski definition) is 3. The van der Waals surface area contributed by atoms with Gasteiger partial charge in [-0.25, -0.2) is 9.97 Å². The van der Waals surface area contributed by atoms with Crippen molar-refractivity contribution in [3.8, 4) is 0 Å². The molecule has 0 saturated heterocycles. The molecular weight excluding hydrogens is 246 g/mol. The van der Waals surface area contributed by atoms with Crippen molar-refractivity contribution in [1.82, 2.24) is 14.9 Å². The topological polar surface area (TPSA) is 29.0 Å². The van der Waals surface area contributed by atoms with E-state index in [1.165, 1.54) is 11.1 Å². The van der Waals surface area contributed by atoms with Crippen LogP contribution in [-0.2, 0) is 6.54 Å². The van der Waals surface area contributed by atoms with E-state index in [0.29, 0.717) is 0 Å². The maximum Gasteiger partial charge on any atom is 0.155 e. The van der Waals surface area contributed by atoms with Crippen LogP contribution in [0.15, 0.2) is 48.7 Å². The molecule has 0 saturated carbocycles. The van der Waals surface area contributed by atoms with Gasteiger partial charge < -0.3 is 0 Å². The lowest BCUT2D eigenvalue weighted by molar-refractivity contribution is 0.293. The summed E-state index contributed by atoms with van der Waals surface area (Å²) >= 11 is 0. The van der Waals surface area contributed by atoms with E-state index in [4.69, 9.17) is 0 Å². The van der Waals surface area contributed by atoms with Crippen molar-refractivity contribution in [1.29, 1.82) is 0 Å². The van der Waals surface area contributed by atoms with Crippen LogP contribution in [0.2, 0.25) is 0 Å². The van der Waals surface area contributed by atoms with E-state index in [1.54, 1.807) is 0 Å². The number of aryl methyl sites for hydroxylation is 1. The molecule has 1 aromatic heterocycles. The summed E-state index contributed by atoms with van der Waals surface area (Å²) in [5, 5.41) is 0. The molecule has 0 fully saturated rings. The van der Waals surface area contributed by atoms with Crippen LogP contribution >= 0.6 is 0 Å². The summed E-state index contributed by atoms with van der Waals surface area (Å²) in [5.41, 5.74) is 3.68. The molecule has 0 atom stereocenters. The molecule has 2 aromatic rings. The Labute approximate surface area is 120 Å². The number of rotatable bonds is 3. The first kappa shape index (κ1) is 13.0. The molecule has 1 aliphatic rings. The number of aromatic nitrogens is 2.